The Balaban J connectivity index is 2.50. The summed E-state index contributed by atoms with van der Waals surface area (Å²) in [6.07, 6.45) is -0.193. The van der Waals surface area contributed by atoms with Gasteiger partial charge in [0, 0.05) is 6.42 Å². The lowest BCUT2D eigenvalue weighted by atomic mass is 10.2. The maximum Gasteiger partial charge on any atom is 0.410 e. The average molecular weight is 251 g/mol. The molecule has 4 nitrogen and oxygen atoms in total. The van der Waals surface area contributed by atoms with Crippen LogP contribution >= 0.6 is 0 Å². The van der Waals surface area contributed by atoms with E-state index in [-0.39, 0.29) is 6.23 Å². The number of rotatable bonds is 4. The molecule has 1 aromatic rings. The van der Waals surface area contributed by atoms with Crippen LogP contribution in [-0.4, -0.2) is 17.9 Å². The minimum atomic E-state index is -0.505. The molecule has 0 aliphatic heterocycles. The summed E-state index contributed by atoms with van der Waals surface area (Å²) >= 11 is 0. The number of alkyl carbamates (subject to hydrolysis) is 1. The molecule has 0 bridgehead atoms. The Morgan fingerprint density at radius 3 is 2.39 bits per heavy atom. The first-order valence-corrected chi connectivity index (χ1v) is 6.12. The molecule has 0 heterocycles. The molecule has 0 aromatic heterocycles. The molecule has 0 spiro atoms. The lowest BCUT2D eigenvalue weighted by Gasteiger charge is -2.23. The quantitative estimate of drug-likeness (QED) is 0.835. The van der Waals surface area contributed by atoms with E-state index in [1.54, 1.807) is 0 Å². The number of amides is 1. The Morgan fingerprint density at radius 1 is 1.28 bits per heavy atom. The first kappa shape index (κ1) is 14.4. The molecule has 1 amide bonds. The van der Waals surface area contributed by atoms with E-state index >= 15 is 0 Å². The second-order valence-electron chi connectivity index (χ2n) is 4.97. The van der Waals surface area contributed by atoms with Crippen molar-refractivity contribution in [1.29, 1.82) is 0 Å². The molecular formula is C14H21NO3. The zero-order valence-corrected chi connectivity index (χ0v) is 11.4. The molecule has 100 valence electrons. The van der Waals surface area contributed by atoms with Crippen molar-refractivity contribution < 1.29 is 14.3 Å². The van der Waals surface area contributed by atoms with Crippen molar-refractivity contribution in [1.82, 2.24) is 5.32 Å². The van der Waals surface area contributed by atoms with Crippen molar-refractivity contribution in [3.05, 3.63) is 30.3 Å². The summed E-state index contributed by atoms with van der Waals surface area (Å²) in [6.45, 7) is 7.41. The number of hydrogen-bond donors (Lipinski definition) is 1. The summed E-state index contributed by atoms with van der Waals surface area (Å²) in [5, 5.41) is 2.69. The summed E-state index contributed by atoms with van der Waals surface area (Å²) in [7, 11) is 0. The highest BCUT2D eigenvalue weighted by molar-refractivity contribution is 5.67. The Kier molecular flexibility index (Phi) is 5.01. The van der Waals surface area contributed by atoms with E-state index in [1.807, 2.05) is 58.0 Å². The Bertz CT molecular complexity index is 370. The molecule has 0 unspecified atom stereocenters. The van der Waals surface area contributed by atoms with Gasteiger partial charge in [-0.15, -0.1) is 0 Å². The summed E-state index contributed by atoms with van der Waals surface area (Å²) in [5.74, 6) is 0.723. The molecule has 18 heavy (non-hydrogen) atoms. The highest BCUT2D eigenvalue weighted by Gasteiger charge is 2.19. The van der Waals surface area contributed by atoms with Gasteiger partial charge in [-0.1, -0.05) is 25.1 Å². The molecule has 1 atom stereocenters. The summed E-state index contributed by atoms with van der Waals surface area (Å²) in [5.41, 5.74) is -0.505. The van der Waals surface area contributed by atoms with Gasteiger partial charge in [-0.05, 0) is 32.9 Å². The number of carbonyl (C=O) groups excluding carboxylic acids is 1. The number of para-hydroxylation sites is 1. The van der Waals surface area contributed by atoms with E-state index in [1.165, 1.54) is 0 Å². The fraction of sp³-hybridized carbons (Fsp3) is 0.500. The van der Waals surface area contributed by atoms with Gasteiger partial charge >= 0.3 is 6.09 Å². The van der Waals surface area contributed by atoms with Crippen LogP contribution in [0.1, 0.15) is 34.1 Å². The Morgan fingerprint density at radius 2 is 1.89 bits per heavy atom. The van der Waals surface area contributed by atoms with E-state index in [4.69, 9.17) is 9.47 Å². The summed E-state index contributed by atoms with van der Waals surface area (Å²) < 4.78 is 10.8. The van der Waals surface area contributed by atoms with Crippen molar-refractivity contribution in [3.8, 4) is 5.75 Å². The van der Waals surface area contributed by atoms with Gasteiger partial charge in [-0.2, -0.15) is 0 Å². The van der Waals surface area contributed by atoms with Crippen LogP contribution in [-0.2, 0) is 4.74 Å². The van der Waals surface area contributed by atoms with Gasteiger partial charge in [0.25, 0.3) is 0 Å². The summed E-state index contributed by atoms with van der Waals surface area (Å²) in [4.78, 5) is 11.6. The number of hydrogen-bond acceptors (Lipinski definition) is 3. The predicted octanol–water partition coefficient (Wildman–Crippen LogP) is 3.33. The highest BCUT2D eigenvalue weighted by Crippen LogP contribution is 2.12. The Labute approximate surface area is 108 Å². The zero-order chi connectivity index (χ0) is 13.6. The fourth-order valence-corrected chi connectivity index (χ4v) is 1.32. The van der Waals surface area contributed by atoms with Gasteiger partial charge < -0.3 is 9.47 Å². The first-order valence-electron chi connectivity index (χ1n) is 6.12. The van der Waals surface area contributed by atoms with Gasteiger partial charge in [0.05, 0.1) is 0 Å². The van der Waals surface area contributed by atoms with Crippen LogP contribution < -0.4 is 10.1 Å². The molecule has 0 aliphatic carbocycles. The minimum Gasteiger partial charge on any atom is -0.471 e. The van der Waals surface area contributed by atoms with Crippen molar-refractivity contribution in [2.45, 2.75) is 45.9 Å². The van der Waals surface area contributed by atoms with Crippen molar-refractivity contribution in [2.24, 2.45) is 0 Å². The summed E-state index contributed by atoms with van der Waals surface area (Å²) in [6, 6.07) is 9.37. The smallest absolute Gasteiger partial charge is 0.410 e. The third-order valence-corrected chi connectivity index (χ3v) is 2.07. The van der Waals surface area contributed by atoms with Crippen LogP contribution in [0.25, 0.3) is 0 Å². The molecule has 1 rings (SSSR count). The molecule has 1 aromatic carbocycles. The van der Waals surface area contributed by atoms with Gasteiger partial charge in [0.1, 0.15) is 11.4 Å². The number of carbonyl (C=O) groups is 1. The monoisotopic (exact) mass is 251 g/mol. The predicted molar refractivity (Wildman–Crippen MR) is 70.5 cm³/mol. The maximum absolute atomic E-state index is 11.6. The maximum atomic E-state index is 11.6. The SMILES string of the molecule is CC[C@H](NC(=O)OC(C)(C)C)Oc1ccccc1. The average Bonchev–Trinajstić information content (AvgIpc) is 2.27. The highest BCUT2D eigenvalue weighted by atomic mass is 16.6. The van der Waals surface area contributed by atoms with Crippen molar-refractivity contribution >= 4 is 6.09 Å². The van der Waals surface area contributed by atoms with Crippen LogP contribution in [0.15, 0.2) is 30.3 Å². The van der Waals surface area contributed by atoms with Crippen LogP contribution in [0.5, 0.6) is 5.75 Å². The van der Waals surface area contributed by atoms with Crippen molar-refractivity contribution in [2.75, 3.05) is 0 Å². The molecule has 0 radical (unpaired) electrons. The van der Waals surface area contributed by atoms with Gasteiger partial charge in [0.15, 0.2) is 6.23 Å². The van der Waals surface area contributed by atoms with Gasteiger partial charge in [0.2, 0.25) is 0 Å². The molecule has 4 heteroatoms. The normalized spacial score (nSPS) is 12.7. The zero-order valence-electron chi connectivity index (χ0n) is 11.4. The van der Waals surface area contributed by atoms with E-state index in [2.05, 4.69) is 5.32 Å². The van der Waals surface area contributed by atoms with Crippen molar-refractivity contribution in [3.63, 3.8) is 0 Å². The van der Waals surface area contributed by atoms with E-state index in [9.17, 15) is 4.79 Å². The van der Waals surface area contributed by atoms with Crippen LogP contribution in [0.2, 0.25) is 0 Å². The second-order valence-corrected chi connectivity index (χ2v) is 4.97. The lowest BCUT2D eigenvalue weighted by Crippen LogP contribution is -2.41. The van der Waals surface area contributed by atoms with Crippen LogP contribution in [0.4, 0.5) is 4.79 Å². The third kappa shape index (κ3) is 5.57. The van der Waals surface area contributed by atoms with Crippen LogP contribution in [0, 0.1) is 0 Å². The second kappa shape index (κ2) is 6.28. The topological polar surface area (TPSA) is 47.6 Å². The first-order chi connectivity index (χ1) is 8.40. The van der Waals surface area contributed by atoms with E-state index in [0.717, 1.165) is 5.75 Å². The van der Waals surface area contributed by atoms with E-state index in [0.29, 0.717) is 6.42 Å². The molecule has 0 saturated heterocycles. The molecule has 0 saturated carbocycles. The minimum absolute atomic E-state index is 0.387. The lowest BCUT2D eigenvalue weighted by molar-refractivity contribution is 0.0389. The number of nitrogens with one attached hydrogen (secondary N) is 1. The van der Waals surface area contributed by atoms with Gasteiger partial charge in [-0.3, -0.25) is 5.32 Å². The van der Waals surface area contributed by atoms with E-state index < -0.39 is 11.7 Å². The molecule has 0 fully saturated rings. The molecule has 1 N–H and O–H groups in total. The molecule has 0 aliphatic rings. The largest absolute Gasteiger partial charge is 0.471 e. The van der Waals surface area contributed by atoms with Crippen LogP contribution in [0.3, 0.4) is 0 Å². The molecular weight excluding hydrogens is 230 g/mol. The number of benzene rings is 1. The standard InChI is InChI=1S/C14H21NO3/c1-5-12(15-13(16)18-14(2,3)4)17-11-9-7-6-8-10-11/h6-10,12H,5H2,1-4H3,(H,15,16)/t12-/m1/s1. The van der Waals surface area contributed by atoms with Gasteiger partial charge in [-0.25, -0.2) is 4.79 Å². The fourth-order valence-electron chi connectivity index (χ4n) is 1.32. The number of ether oxygens (including phenoxy) is 2. The Hall–Kier alpha value is -1.71. The third-order valence-electron chi connectivity index (χ3n) is 2.07.